The molecule has 1 saturated heterocycles. The van der Waals surface area contributed by atoms with Crippen LogP contribution in [0.1, 0.15) is 61.1 Å². The van der Waals surface area contributed by atoms with Crippen molar-refractivity contribution in [2.75, 3.05) is 6.54 Å². The van der Waals surface area contributed by atoms with Crippen molar-refractivity contribution in [2.24, 2.45) is 0 Å². The molecule has 1 aliphatic heterocycles. The Labute approximate surface area is 166 Å². The molecule has 5 heteroatoms. The van der Waals surface area contributed by atoms with E-state index in [1.165, 1.54) is 5.56 Å². The van der Waals surface area contributed by atoms with Gasteiger partial charge < -0.3 is 4.90 Å². The molecule has 28 heavy (non-hydrogen) atoms. The number of aryl methyl sites for hydroxylation is 2. The van der Waals surface area contributed by atoms with Crippen molar-refractivity contribution in [1.29, 1.82) is 0 Å². The van der Waals surface area contributed by atoms with Gasteiger partial charge in [-0.05, 0) is 64.7 Å². The molecule has 0 saturated carbocycles. The Bertz CT molecular complexity index is 1050. The number of carbonyl (C=O) groups excluding carboxylic acids is 1. The van der Waals surface area contributed by atoms with Crippen LogP contribution in [-0.4, -0.2) is 38.2 Å². The molecule has 0 radical (unpaired) electrons. The Morgan fingerprint density at radius 3 is 2.68 bits per heavy atom. The van der Waals surface area contributed by atoms with Crippen molar-refractivity contribution in [3.63, 3.8) is 0 Å². The van der Waals surface area contributed by atoms with Crippen molar-refractivity contribution in [2.45, 2.75) is 59.5 Å². The second kappa shape index (κ2) is 7.04. The van der Waals surface area contributed by atoms with E-state index in [4.69, 9.17) is 4.98 Å². The smallest absolute Gasteiger partial charge is 0.254 e. The molecule has 0 aliphatic carbocycles. The molecule has 4 rings (SSSR count). The zero-order chi connectivity index (χ0) is 20.0. The lowest BCUT2D eigenvalue weighted by Crippen LogP contribution is -2.33. The van der Waals surface area contributed by atoms with E-state index in [0.29, 0.717) is 0 Å². The van der Waals surface area contributed by atoms with E-state index < -0.39 is 0 Å². The quantitative estimate of drug-likeness (QED) is 0.652. The predicted molar refractivity (Wildman–Crippen MR) is 113 cm³/mol. The lowest BCUT2D eigenvalue weighted by atomic mass is 9.99. The van der Waals surface area contributed by atoms with Gasteiger partial charge in [0.2, 0.25) is 0 Å². The highest BCUT2D eigenvalue weighted by molar-refractivity contribution is 6.08. The molecule has 146 valence electrons. The van der Waals surface area contributed by atoms with Gasteiger partial charge in [-0.15, -0.1) is 0 Å². The van der Waals surface area contributed by atoms with Gasteiger partial charge in [0.15, 0.2) is 0 Å². The second-order valence-corrected chi connectivity index (χ2v) is 8.25. The van der Waals surface area contributed by atoms with Crippen LogP contribution in [0.25, 0.3) is 22.2 Å². The number of aromatic nitrogens is 3. The number of benzene rings is 1. The Morgan fingerprint density at radius 2 is 2.04 bits per heavy atom. The van der Waals surface area contributed by atoms with Gasteiger partial charge in [-0.3, -0.25) is 9.48 Å². The Morgan fingerprint density at radius 1 is 1.25 bits per heavy atom. The number of hydrogen-bond acceptors (Lipinski definition) is 3. The van der Waals surface area contributed by atoms with Crippen LogP contribution in [0.4, 0.5) is 0 Å². The van der Waals surface area contributed by atoms with Crippen LogP contribution in [0.3, 0.4) is 0 Å². The first-order valence-electron chi connectivity index (χ1n) is 10.1. The predicted octanol–water partition coefficient (Wildman–Crippen LogP) is 4.92. The molecule has 3 heterocycles. The summed E-state index contributed by atoms with van der Waals surface area (Å²) in [5.41, 5.74) is 5.71. The van der Waals surface area contributed by atoms with Gasteiger partial charge in [0, 0.05) is 35.8 Å². The van der Waals surface area contributed by atoms with E-state index in [1.54, 1.807) is 0 Å². The lowest BCUT2D eigenvalue weighted by molar-refractivity contribution is 0.0749. The topological polar surface area (TPSA) is 51.0 Å². The van der Waals surface area contributed by atoms with Crippen LogP contribution in [-0.2, 0) is 0 Å². The minimum atomic E-state index is 0.109. The number of carbonyl (C=O) groups is 1. The van der Waals surface area contributed by atoms with Gasteiger partial charge in [-0.2, -0.15) is 5.10 Å². The average molecular weight is 377 g/mol. The normalized spacial score (nSPS) is 17.1. The van der Waals surface area contributed by atoms with Crippen molar-refractivity contribution in [3.05, 3.63) is 47.3 Å². The number of pyridine rings is 1. The van der Waals surface area contributed by atoms with Gasteiger partial charge in [0.1, 0.15) is 0 Å². The number of fused-ring (bicyclic) bond motifs is 1. The fourth-order valence-electron chi connectivity index (χ4n) is 4.00. The summed E-state index contributed by atoms with van der Waals surface area (Å²) < 4.78 is 1.92. The van der Waals surface area contributed by atoms with Crippen LogP contribution in [0, 0.1) is 13.8 Å². The van der Waals surface area contributed by atoms with E-state index in [1.807, 2.05) is 34.1 Å². The third-order valence-corrected chi connectivity index (χ3v) is 5.98. The summed E-state index contributed by atoms with van der Waals surface area (Å²) in [6.45, 7) is 11.3. The number of nitrogens with zero attached hydrogens (tertiary/aromatic N) is 4. The van der Waals surface area contributed by atoms with Gasteiger partial charge in [-0.1, -0.05) is 12.1 Å². The standard InChI is InChI=1S/C23H28N4O/c1-14(2)27-13-18(12-24-27)21-11-20(23(28)26-10-6-7-16(26)4)19-9-8-15(3)17(5)22(19)25-21/h8-9,11-14,16H,6-7,10H2,1-5H3/t16-/m1/s1. The maximum atomic E-state index is 13.4. The van der Waals surface area contributed by atoms with Crippen molar-refractivity contribution < 1.29 is 4.79 Å². The molecule has 0 spiro atoms. The maximum absolute atomic E-state index is 13.4. The molecule has 3 aromatic rings. The van der Waals surface area contributed by atoms with Crippen molar-refractivity contribution in [3.8, 4) is 11.3 Å². The van der Waals surface area contributed by atoms with Gasteiger partial charge in [0.05, 0.1) is 23.0 Å². The molecule has 1 fully saturated rings. The minimum absolute atomic E-state index is 0.109. The van der Waals surface area contributed by atoms with Crippen LogP contribution < -0.4 is 0 Å². The van der Waals surface area contributed by atoms with E-state index in [2.05, 4.69) is 45.8 Å². The fourth-order valence-corrected chi connectivity index (χ4v) is 4.00. The molecular formula is C23H28N4O. The van der Waals surface area contributed by atoms with Crippen molar-refractivity contribution in [1.82, 2.24) is 19.7 Å². The van der Waals surface area contributed by atoms with Gasteiger partial charge in [0.25, 0.3) is 5.91 Å². The first-order valence-corrected chi connectivity index (χ1v) is 10.1. The zero-order valence-corrected chi connectivity index (χ0v) is 17.4. The highest BCUT2D eigenvalue weighted by Gasteiger charge is 2.28. The molecule has 2 aromatic heterocycles. The third-order valence-electron chi connectivity index (χ3n) is 5.98. The van der Waals surface area contributed by atoms with E-state index in [-0.39, 0.29) is 18.0 Å². The minimum Gasteiger partial charge on any atom is -0.336 e. The van der Waals surface area contributed by atoms with E-state index in [0.717, 1.165) is 52.7 Å². The largest absolute Gasteiger partial charge is 0.336 e. The van der Waals surface area contributed by atoms with Crippen LogP contribution >= 0.6 is 0 Å². The summed E-state index contributed by atoms with van der Waals surface area (Å²) in [6.07, 6.45) is 5.99. The molecule has 0 unspecified atom stereocenters. The van der Waals surface area contributed by atoms with E-state index in [9.17, 15) is 4.79 Å². The Hall–Kier alpha value is -2.69. The SMILES string of the molecule is Cc1ccc2c(C(=O)N3CCC[C@H]3C)cc(-c3cnn(C(C)C)c3)nc2c1C. The van der Waals surface area contributed by atoms with Crippen LogP contribution in [0.2, 0.25) is 0 Å². The molecule has 1 atom stereocenters. The highest BCUT2D eigenvalue weighted by atomic mass is 16.2. The van der Waals surface area contributed by atoms with Gasteiger partial charge >= 0.3 is 0 Å². The average Bonchev–Trinajstić information content (AvgIpc) is 3.33. The molecular weight excluding hydrogens is 348 g/mol. The third kappa shape index (κ3) is 3.09. The van der Waals surface area contributed by atoms with Crippen molar-refractivity contribution >= 4 is 16.8 Å². The fraction of sp³-hybridized carbons (Fsp3) is 0.435. The first-order chi connectivity index (χ1) is 13.4. The molecule has 0 bridgehead atoms. The Kier molecular flexibility index (Phi) is 4.69. The van der Waals surface area contributed by atoms with Crippen LogP contribution in [0.15, 0.2) is 30.6 Å². The van der Waals surface area contributed by atoms with Gasteiger partial charge in [-0.25, -0.2) is 4.98 Å². The lowest BCUT2D eigenvalue weighted by Gasteiger charge is -2.23. The van der Waals surface area contributed by atoms with Crippen LogP contribution in [0.5, 0.6) is 0 Å². The summed E-state index contributed by atoms with van der Waals surface area (Å²) in [5.74, 6) is 0.109. The number of likely N-dealkylation sites (tertiary alicyclic amines) is 1. The Balaban J connectivity index is 1.91. The zero-order valence-electron chi connectivity index (χ0n) is 17.4. The summed E-state index contributed by atoms with van der Waals surface area (Å²) in [7, 11) is 0. The first kappa shape index (κ1) is 18.7. The maximum Gasteiger partial charge on any atom is 0.254 e. The molecule has 1 aliphatic rings. The molecule has 5 nitrogen and oxygen atoms in total. The summed E-state index contributed by atoms with van der Waals surface area (Å²) in [4.78, 5) is 20.4. The second-order valence-electron chi connectivity index (χ2n) is 8.25. The molecule has 1 amide bonds. The highest BCUT2D eigenvalue weighted by Crippen LogP contribution is 2.30. The molecule has 0 N–H and O–H groups in total. The monoisotopic (exact) mass is 376 g/mol. The van der Waals surface area contributed by atoms with E-state index >= 15 is 0 Å². The summed E-state index contributed by atoms with van der Waals surface area (Å²) in [6, 6.07) is 6.64. The number of hydrogen-bond donors (Lipinski definition) is 0. The number of amides is 1. The number of rotatable bonds is 3. The molecule has 1 aromatic carbocycles. The summed E-state index contributed by atoms with van der Waals surface area (Å²) in [5, 5.41) is 5.39. The summed E-state index contributed by atoms with van der Waals surface area (Å²) >= 11 is 0.